The second kappa shape index (κ2) is 10.2. The Bertz CT molecular complexity index is 1030. The summed E-state index contributed by atoms with van der Waals surface area (Å²) in [7, 11) is 1.67. The minimum atomic E-state index is -2.18. The zero-order chi connectivity index (χ0) is 21.6. The van der Waals surface area contributed by atoms with E-state index in [9.17, 15) is 20.1 Å². The lowest BCUT2D eigenvalue weighted by Gasteiger charge is -2.23. The number of aliphatic hydroxyl groups is 2. The van der Waals surface area contributed by atoms with E-state index in [2.05, 4.69) is 27.8 Å². The third kappa shape index (κ3) is 5.66. The van der Waals surface area contributed by atoms with Crippen LogP contribution >= 0.6 is 11.3 Å². The number of hydrogen-bond acceptors (Lipinski definition) is 8. The molecule has 0 fully saturated rings. The highest BCUT2D eigenvalue weighted by atomic mass is 32.1. The monoisotopic (exact) mass is 433 g/mol. The van der Waals surface area contributed by atoms with Crippen molar-refractivity contribution in [3.05, 3.63) is 62.8 Å². The Morgan fingerprint density at radius 3 is 2.73 bits per heavy atom. The molecule has 162 valence electrons. The molecule has 3 rings (SSSR count). The van der Waals surface area contributed by atoms with Crippen LogP contribution in [0.2, 0.25) is 0 Å². The Balaban J connectivity index is 1.55. The van der Waals surface area contributed by atoms with Crippen LogP contribution in [-0.4, -0.2) is 53.7 Å². The summed E-state index contributed by atoms with van der Waals surface area (Å²) >= 11 is 0.834. The molecule has 0 atom stereocenters. The Hall–Kier alpha value is -2.27. The predicted molar refractivity (Wildman–Crippen MR) is 117 cm³/mol. The smallest absolute Gasteiger partial charge is 0.305 e. The first kappa shape index (κ1) is 22.4. The Morgan fingerprint density at radius 1 is 1.13 bits per heavy atom. The molecule has 0 aliphatic carbocycles. The Labute approximate surface area is 178 Å². The molecule has 30 heavy (non-hydrogen) atoms. The second-order valence-electron chi connectivity index (χ2n) is 7.08. The van der Waals surface area contributed by atoms with Crippen LogP contribution in [0.15, 0.2) is 41.2 Å². The molecule has 0 saturated carbocycles. The van der Waals surface area contributed by atoms with Gasteiger partial charge in [-0.05, 0) is 36.2 Å². The minimum Gasteiger partial charge on any atom is -0.506 e. The van der Waals surface area contributed by atoms with Crippen LogP contribution in [0.1, 0.15) is 16.7 Å². The van der Waals surface area contributed by atoms with Crippen LogP contribution in [0.25, 0.3) is 10.2 Å². The molecular formula is C21H27N3O5S. The first-order chi connectivity index (χ1) is 14.4. The molecule has 9 heteroatoms. The number of aromatic hydroxyl groups is 1. The van der Waals surface area contributed by atoms with Gasteiger partial charge in [-0.2, -0.15) is 0 Å². The van der Waals surface area contributed by atoms with Gasteiger partial charge < -0.3 is 35.7 Å². The van der Waals surface area contributed by atoms with Crippen molar-refractivity contribution in [2.24, 2.45) is 0 Å². The number of hydrogen-bond donors (Lipinski definition) is 6. The molecule has 1 aromatic heterocycles. The molecule has 0 aliphatic heterocycles. The fourth-order valence-electron chi connectivity index (χ4n) is 3.23. The summed E-state index contributed by atoms with van der Waals surface area (Å²) in [5, 5.41) is 37.3. The topological polar surface area (TPSA) is 127 Å². The Kier molecular flexibility index (Phi) is 7.59. The quantitative estimate of drug-likeness (QED) is 0.197. The first-order valence-corrected chi connectivity index (χ1v) is 10.5. The zero-order valence-electron chi connectivity index (χ0n) is 16.8. The molecule has 8 nitrogen and oxygen atoms in total. The normalized spacial score (nSPS) is 12.0. The van der Waals surface area contributed by atoms with E-state index in [-0.39, 0.29) is 28.2 Å². The zero-order valence-corrected chi connectivity index (χ0v) is 17.6. The summed E-state index contributed by atoms with van der Waals surface area (Å²) in [6, 6.07) is 11.0. The molecule has 0 radical (unpaired) electrons. The van der Waals surface area contributed by atoms with Crippen molar-refractivity contribution in [3.8, 4) is 5.75 Å². The summed E-state index contributed by atoms with van der Waals surface area (Å²) < 4.78 is 5.35. The van der Waals surface area contributed by atoms with E-state index in [0.717, 1.165) is 36.4 Å². The summed E-state index contributed by atoms with van der Waals surface area (Å²) in [6.07, 6.45) is 0.727. The van der Waals surface area contributed by atoms with Gasteiger partial charge in [0.1, 0.15) is 11.3 Å². The molecule has 0 spiro atoms. The van der Waals surface area contributed by atoms with Gasteiger partial charge in [-0.15, -0.1) is 0 Å². The molecule has 6 N–H and O–H groups in total. The number of phenols is 1. The van der Waals surface area contributed by atoms with E-state index in [0.29, 0.717) is 17.9 Å². The number of phenolic OH excluding ortho intramolecular Hbond substituents is 1. The number of methoxy groups -OCH3 is 1. The number of aromatic amines is 1. The summed E-state index contributed by atoms with van der Waals surface area (Å²) in [6.45, 7) is 2.65. The van der Waals surface area contributed by atoms with E-state index >= 15 is 0 Å². The van der Waals surface area contributed by atoms with Crippen LogP contribution in [-0.2, 0) is 23.5 Å². The number of H-pyrrole nitrogens is 1. The van der Waals surface area contributed by atoms with Crippen molar-refractivity contribution in [3.63, 3.8) is 0 Å². The van der Waals surface area contributed by atoms with Gasteiger partial charge in [-0.3, -0.25) is 4.79 Å². The SMILES string of the molecule is COCCNCc1cccc(CCNCC(O)(O)c2ccc(O)c3[nH]c(=O)sc23)c1. The van der Waals surface area contributed by atoms with Crippen LogP contribution in [0.4, 0.5) is 0 Å². The lowest BCUT2D eigenvalue weighted by molar-refractivity contribution is -0.164. The number of benzene rings is 2. The maximum absolute atomic E-state index is 11.6. The largest absolute Gasteiger partial charge is 0.506 e. The van der Waals surface area contributed by atoms with Crippen molar-refractivity contribution in [1.82, 2.24) is 15.6 Å². The average Bonchev–Trinajstić information content (AvgIpc) is 3.11. The lowest BCUT2D eigenvalue weighted by Crippen LogP contribution is -2.38. The van der Waals surface area contributed by atoms with E-state index in [4.69, 9.17) is 4.74 Å². The van der Waals surface area contributed by atoms with E-state index in [1.165, 1.54) is 17.7 Å². The van der Waals surface area contributed by atoms with E-state index < -0.39 is 5.79 Å². The molecule has 3 aromatic rings. The van der Waals surface area contributed by atoms with Crippen molar-refractivity contribution < 1.29 is 20.1 Å². The van der Waals surface area contributed by atoms with Gasteiger partial charge in [-0.25, -0.2) is 0 Å². The highest BCUT2D eigenvalue weighted by Gasteiger charge is 2.29. The number of nitrogens with one attached hydrogen (secondary N) is 3. The fraction of sp³-hybridized carbons (Fsp3) is 0.381. The number of aromatic nitrogens is 1. The fourth-order valence-corrected chi connectivity index (χ4v) is 4.16. The highest BCUT2D eigenvalue weighted by Crippen LogP contribution is 2.32. The van der Waals surface area contributed by atoms with Gasteiger partial charge >= 0.3 is 4.87 Å². The van der Waals surface area contributed by atoms with Crippen molar-refractivity contribution >= 4 is 21.6 Å². The average molecular weight is 434 g/mol. The molecule has 0 amide bonds. The highest BCUT2D eigenvalue weighted by molar-refractivity contribution is 7.16. The summed E-state index contributed by atoms with van der Waals surface area (Å²) in [4.78, 5) is 13.8. The van der Waals surface area contributed by atoms with Crippen LogP contribution in [0.3, 0.4) is 0 Å². The summed E-state index contributed by atoms with van der Waals surface area (Å²) in [5.41, 5.74) is 2.71. The van der Waals surface area contributed by atoms with Crippen molar-refractivity contribution in [1.29, 1.82) is 0 Å². The minimum absolute atomic E-state index is 0.104. The first-order valence-electron chi connectivity index (χ1n) is 9.69. The number of ether oxygens (including phenoxy) is 1. The molecule has 2 aromatic carbocycles. The standard InChI is InChI=1S/C21H27N3O5S/c1-29-10-9-22-12-15-4-2-3-14(11-15)7-8-23-13-21(27,28)16-5-6-17(25)18-19(16)30-20(26)24-18/h2-6,11,22-23,25,27-28H,7-10,12-13H2,1H3,(H,24,26). The second-order valence-corrected chi connectivity index (χ2v) is 8.07. The number of thiazole rings is 1. The third-order valence-electron chi connectivity index (χ3n) is 4.75. The molecule has 0 unspecified atom stereocenters. The molecule has 1 heterocycles. The van der Waals surface area contributed by atoms with E-state index in [1.807, 2.05) is 12.1 Å². The molecule has 0 saturated heterocycles. The van der Waals surface area contributed by atoms with Gasteiger partial charge in [0.15, 0.2) is 0 Å². The van der Waals surface area contributed by atoms with Crippen molar-refractivity contribution in [2.75, 3.05) is 33.4 Å². The number of rotatable bonds is 11. The lowest BCUT2D eigenvalue weighted by atomic mass is 10.0. The van der Waals surface area contributed by atoms with Crippen LogP contribution in [0, 0.1) is 0 Å². The van der Waals surface area contributed by atoms with E-state index in [1.54, 1.807) is 7.11 Å². The Morgan fingerprint density at radius 2 is 1.93 bits per heavy atom. The maximum Gasteiger partial charge on any atom is 0.305 e. The van der Waals surface area contributed by atoms with Gasteiger partial charge in [0.2, 0.25) is 5.79 Å². The predicted octanol–water partition coefficient (Wildman–Crippen LogP) is 1.00. The van der Waals surface area contributed by atoms with Gasteiger partial charge in [0, 0.05) is 25.8 Å². The van der Waals surface area contributed by atoms with Crippen molar-refractivity contribution in [2.45, 2.75) is 18.8 Å². The summed E-state index contributed by atoms with van der Waals surface area (Å²) in [5.74, 6) is -2.28. The third-order valence-corrected chi connectivity index (χ3v) is 5.67. The molecular weight excluding hydrogens is 406 g/mol. The van der Waals surface area contributed by atoms with Gasteiger partial charge in [0.25, 0.3) is 0 Å². The van der Waals surface area contributed by atoms with Gasteiger partial charge in [0.05, 0.1) is 17.9 Å². The van der Waals surface area contributed by atoms with Crippen LogP contribution in [0.5, 0.6) is 5.75 Å². The molecule has 0 bridgehead atoms. The molecule has 0 aliphatic rings. The van der Waals surface area contributed by atoms with Gasteiger partial charge in [-0.1, -0.05) is 35.6 Å². The number of fused-ring (bicyclic) bond motifs is 1. The van der Waals surface area contributed by atoms with Crippen LogP contribution < -0.4 is 15.5 Å². The maximum atomic E-state index is 11.6.